The van der Waals surface area contributed by atoms with Crippen molar-refractivity contribution < 1.29 is 4.74 Å². The Morgan fingerprint density at radius 1 is 1.15 bits per heavy atom. The summed E-state index contributed by atoms with van der Waals surface area (Å²) in [6.45, 7) is 7.32. The fourth-order valence-corrected chi connectivity index (χ4v) is 2.78. The van der Waals surface area contributed by atoms with Crippen LogP contribution in [0.1, 0.15) is 18.4 Å². The lowest BCUT2D eigenvalue weighted by molar-refractivity contribution is 0.0325. The van der Waals surface area contributed by atoms with Gasteiger partial charge in [0.15, 0.2) is 0 Å². The fourth-order valence-electron chi connectivity index (χ4n) is 2.78. The molecule has 4 heteroatoms. The highest BCUT2D eigenvalue weighted by atomic mass is 16.5. The van der Waals surface area contributed by atoms with Gasteiger partial charge in [0.25, 0.3) is 0 Å². The van der Waals surface area contributed by atoms with Gasteiger partial charge in [-0.25, -0.2) is 0 Å². The summed E-state index contributed by atoms with van der Waals surface area (Å²) in [5, 5.41) is 0. The zero-order valence-corrected chi connectivity index (χ0v) is 12.1. The molecule has 0 radical (unpaired) electrons. The van der Waals surface area contributed by atoms with E-state index in [1.165, 1.54) is 18.4 Å². The number of hydrogen-bond donors (Lipinski definition) is 1. The molecule has 2 aliphatic rings. The summed E-state index contributed by atoms with van der Waals surface area (Å²) in [5.74, 6) is 0. The monoisotopic (exact) mass is 275 g/mol. The Labute approximate surface area is 121 Å². The highest BCUT2D eigenvalue weighted by Gasteiger charge is 2.29. The maximum Gasteiger partial charge on any atom is 0.0594 e. The zero-order valence-electron chi connectivity index (χ0n) is 12.1. The van der Waals surface area contributed by atoms with Crippen LogP contribution >= 0.6 is 0 Å². The van der Waals surface area contributed by atoms with Gasteiger partial charge in [-0.1, -0.05) is 12.1 Å². The van der Waals surface area contributed by atoms with Crippen LogP contribution in [0.15, 0.2) is 24.3 Å². The lowest BCUT2D eigenvalue weighted by atomic mass is 10.2. The van der Waals surface area contributed by atoms with Crippen molar-refractivity contribution in [2.75, 3.05) is 45.1 Å². The molecule has 1 saturated carbocycles. The quantitative estimate of drug-likeness (QED) is 0.800. The lowest BCUT2D eigenvalue weighted by Crippen LogP contribution is -2.41. The first-order chi connectivity index (χ1) is 9.81. The lowest BCUT2D eigenvalue weighted by Gasteiger charge is -2.30. The number of anilines is 1. The Balaban J connectivity index is 1.51. The molecule has 1 heterocycles. The summed E-state index contributed by atoms with van der Waals surface area (Å²) in [7, 11) is 0. The summed E-state index contributed by atoms with van der Waals surface area (Å²) in [4.78, 5) is 5.14. The molecule has 0 unspecified atom stereocenters. The molecule has 0 atom stereocenters. The number of hydrogen-bond acceptors (Lipinski definition) is 4. The molecule has 2 N–H and O–H groups in total. The second-order valence-corrected chi connectivity index (χ2v) is 5.90. The second kappa shape index (κ2) is 6.57. The predicted octanol–water partition coefficient (Wildman–Crippen LogP) is 1.57. The van der Waals surface area contributed by atoms with Gasteiger partial charge in [-0.2, -0.15) is 0 Å². The summed E-state index contributed by atoms with van der Waals surface area (Å²) >= 11 is 0. The van der Waals surface area contributed by atoms with Crippen molar-refractivity contribution in [1.29, 1.82) is 0 Å². The average molecular weight is 275 g/mol. The van der Waals surface area contributed by atoms with E-state index in [0.29, 0.717) is 0 Å². The van der Waals surface area contributed by atoms with Crippen LogP contribution in [-0.2, 0) is 11.3 Å². The third-order valence-corrected chi connectivity index (χ3v) is 4.24. The highest BCUT2D eigenvalue weighted by Crippen LogP contribution is 2.28. The number of benzene rings is 1. The molecule has 0 amide bonds. The minimum absolute atomic E-state index is 0.800. The SMILES string of the molecule is Nc1ccc(CN(CCN2CCOCC2)C2CC2)cc1. The van der Waals surface area contributed by atoms with Crippen molar-refractivity contribution in [2.45, 2.75) is 25.4 Å². The number of nitrogens with two attached hydrogens (primary N) is 1. The Morgan fingerprint density at radius 2 is 1.85 bits per heavy atom. The van der Waals surface area contributed by atoms with Crippen LogP contribution in [0.3, 0.4) is 0 Å². The maximum absolute atomic E-state index is 5.75. The van der Waals surface area contributed by atoms with E-state index >= 15 is 0 Å². The predicted molar refractivity (Wildman–Crippen MR) is 81.5 cm³/mol. The van der Waals surface area contributed by atoms with Crippen LogP contribution in [0.5, 0.6) is 0 Å². The van der Waals surface area contributed by atoms with Gasteiger partial charge in [-0.05, 0) is 30.5 Å². The summed E-state index contributed by atoms with van der Waals surface area (Å²) in [5.41, 5.74) is 7.97. The van der Waals surface area contributed by atoms with Gasteiger partial charge >= 0.3 is 0 Å². The minimum Gasteiger partial charge on any atom is -0.399 e. The zero-order chi connectivity index (χ0) is 13.8. The minimum atomic E-state index is 0.800. The van der Waals surface area contributed by atoms with E-state index in [1.54, 1.807) is 0 Å². The third-order valence-electron chi connectivity index (χ3n) is 4.24. The molecule has 0 bridgehead atoms. The van der Waals surface area contributed by atoms with Gasteiger partial charge in [-0.3, -0.25) is 9.80 Å². The second-order valence-electron chi connectivity index (χ2n) is 5.90. The maximum atomic E-state index is 5.75. The first kappa shape index (κ1) is 13.9. The summed E-state index contributed by atoms with van der Waals surface area (Å²) < 4.78 is 5.41. The molecule has 20 heavy (non-hydrogen) atoms. The number of ether oxygens (including phenoxy) is 1. The Kier molecular flexibility index (Phi) is 4.55. The average Bonchev–Trinajstić information content (AvgIpc) is 3.31. The standard InChI is InChI=1S/C16H25N3O/c17-15-3-1-14(2-4-15)13-19(16-5-6-16)8-7-18-9-11-20-12-10-18/h1-4,16H,5-13,17H2. The highest BCUT2D eigenvalue weighted by molar-refractivity contribution is 5.39. The van der Waals surface area contributed by atoms with Crippen LogP contribution in [-0.4, -0.2) is 55.2 Å². The molecule has 0 spiro atoms. The van der Waals surface area contributed by atoms with E-state index in [4.69, 9.17) is 10.5 Å². The van der Waals surface area contributed by atoms with Crippen molar-refractivity contribution in [3.8, 4) is 0 Å². The van der Waals surface area contributed by atoms with Crippen molar-refractivity contribution in [1.82, 2.24) is 9.80 Å². The van der Waals surface area contributed by atoms with E-state index in [-0.39, 0.29) is 0 Å². The normalized spacial score (nSPS) is 20.4. The van der Waals surface area contributed by atoms with E-state index in [0.717, 1.165) is 57.7 Å². The molecule has 4 nitrogen and oxygen atoms in total. The van der Waals surface area contributed by atoms with E-state index in [9.17, 15) is 0 Å². The molecule has 110 valence electrons. The smallest absolute Gasteiger partial charge is 0.0594 e. The molecule has 3 rings (SSSR count). The van der Waals surface area contributed by atoms with E-state index in [1.807, 2.05) is 12.1 Å². The van der Waals surface area contributed by atoms with Gasteiger partial charge in [0, 0.05) is 44.5 Å². The van der Waals surface area contributed by atoms with Gasteiger partial charge in [0.1, 0.15) is 0 Å². The van der Waals surface area contributed by atoms with Gasteiger partial charge in [0.2, 0.25) is 0 Å². The van der Waals surface area contributed by atoms with Crippen molar-refractivity contribution in [2.24, 2.45) is 0 Å². The third kappa shape index (κ3) is 3.95. The van der Waals surface area contributed by atoms with Crippen LogP contribution in [0.4, 0.5) is 5.69 Å². The Bertz CT molecular complexity index is 410. The molecule has 1 saturated heterocycles. The molecule has 1 aliphatic heterocycles. The first-order valence-corrected chi connectivity index (χ1v) is 7.70. The Hall–Kier alpha value is -1.10. The molecule has 2 fully saturated rings. The largest absolute Gasteiger partial charge is 0.399 e. The molecule has 1 aromatic carbocycles. The topological polar surface area (TPSA) is 41.7 Å². The molecular formula is C16H25N3O. The fraction of sp³-hybridized carbons (Fsp3) is 0.625. The number of nitrogens with zero attached hydrogens (tertiary/aromatic N) is 2. The van der Waals surface area contributed by atoms with Crippen molar-refractivity contribution >= 4 is 5.69 Å². The van der Waals surface area contributed by atoms with Gasteiger partial charge in [0.05, 0.1) is 13.2 Å². The summed E-state index contributed by atoms with van der Waals surface area (Å²) in [6.07, 6.45) is 2.72. The molecule has 1 aliphatic carbocycles. The van der Waals surface area contributed by atoms with Crippen LogP contribution in [0.25, 0.3) is 0 Å². The van der Waals surface area contributed by atoms with E-state index < -0.39 is 0 Å². The van der Waals surface area contributed by atoms with Crippen molar-refractivity contribution in [3.05, 3.63) is 29.8 Å². The van der Waals surface area contributed by atoms with E-state index in [2.05, 4.69) is 21.9 Å². The van der Waals surface area contributed by atoms with Crippen LogP contribution in [0.2, 0.25) is 0 Å². The number of nitrogen functional groups attached to an aromatic ring is 1. The summed E-state index contributed by atoms with van der Waals surface area (Å²) in [6, 6.07) is 9.11. The van der Waals surface area contributed by atoms with Gasteiger partial charge in [-0.15, -0.1) is 0 Å². The van der Waals surface area contributed by atoms with Gasteiger partial charge < -0.3 is 10.5 Å². The molecular weight excluding hydrogens is 250 g/mol. The number of morpholine rings is 1. The number of rotatable bonds is 6. The van der Waals surface area contributed by atoms with Crippen LogP contribution < -0.4 is 5.73 Å². The Morgan fingerprint density at radius 3 is 2.50 bits per heavy atom. The van der Waals surface area contributed by atoms with Crippen molar-refractivity contribution in [3.63, 3.8) is 0 Å². The molecule has 1 aromatic rings. The van der Waals surface area contributed by atoms with Crippen LogP contribution in [0, 0.1) is 0 Å². The first-order valence-electron chi connectivity index (χ1n) is 7.70. The molecule has 0 aromatic heterocycles.